The van der Waals surface area contributed by atoms with Crippen LogP contribution in [0.1, 0.15) is 96.3 Å². The van der Waals surface area contributed by atoms with Gasteiger partial charge in [0, 0.05) is 18.3 Å². The van der Waals surface area contributed by atoms with Crippen LogP contribution in [0.15, 0.2) is 0 Å². The highest BCUT2D eigenvalue weighted by atomic mass is 16.8. The van der Waals surface area contributed by atoms with Gasteiger partial charge < -0.3 is 23.7 Å². The van der Waals surface area contributed by atoms with Crippen LogP contribution in [-0.2, 0) is 23.7 Å². The average molecular weight is 407 g/mol. The van der Waals surface area contributed by atoms with Crippen molar-refractivity contribution in [1.29, 1.82) is 0 Å². The molecule has 5 heteroatoms. The summed E-state index contributed by atoms with van der Waals surface area (Å²) in [5.41, 5.74) is 0.0545. The van der Waals surface area contributed by atoms with Crippen LogP contribution in [0.4, 0.5) is 0 Å². The maximum absolute atomic E-state index is 6.62. The van der Waals surface area contributed by atoms with Crippen molar-refractivity contribution in [2.75, 3.05) is 13.2 Å². The molecule has 3 saturated heterocycles. The molecule has 3 heterocycles. The Morgan fingerprint density at radius 2 is 1.21 bits per heavy atom. The summed E-state index contributed by atoms with van der Waals surface area (Å²) in [5.74, 6) is -0.572. The van der Waals surface area contributed by atoms with Gasteiger partial charge in [-0.25, -0.2) is 0 Å². The lowest BCUT2D eigenvalue weighted by Gasteiger charge is -2.37. The van der Waals surface area contributed by atoms with Crippen molar-refractivity contribution < 1.29 is 23.7 Å². The quantitative estimate of drug-likeness (QED) is 0.590. The van der Waals surface area contributed by atoms with Gasteiger partial charge in [0.15, 0.2) is 11.6 Å². The van der Waals surface area contributed by atoms with E-state index in [1.165, 1.54) is 51.4 Å². The van der Waals surface area contributed by atoms with Crippen LogP contribution in [0, 0.1) is 5.41 Å². The molecule has 0 amide bonds. The van der Waals surface area contributed by atoms with E-state index in [0.717, 1.165) is 58.2 Å². The summed E-state index contributed by atoms with van der Waals surface area (Å²) in [6.45, 7) is 1.49. The highest BCUT2D eigenvalue weighted by Crippen LogP contribution is 2.53. The van der Waals surface area contributed by atoms with E-state index in [4.69, 9.17) is 23.7 Å². The summed E-state index contributed by atoms with van der Waals surface area (Å²) in [6.07, 6.45) is 19.7. The Balaban J connectivity index is 1.11. The first-order chi connectivity index (χ1) is 14.2. The van der Waals surface area contributed by atoms with Crippen molar-refractivity contribution in [2.45, 2.75) is 132 Å². The molecule has 3 aliphatic heterocycles. The Bertz CT molecular complexity index is 572. The van der Waals surface area contributed by atoms with Crippen LogP contribution >= 0.6 is 0 Å². The van der Waals surface area contributed by atoms with Crippen LogP contribution in [0.25, 0.3) is 0 Å². The predicted octanol–water partition coefficient (Wildman–Crippen LogP) is 4.86. The minimum absolute atomic E-state index is 0.0545. The zero-order valence-corrected chi connectivity index (χ0v) is 17.9. The molecule has 6 atom stereocenters. The molecule has 29 heavy (non-hydrogen) atoms. The first-order valence-corrected chi connectivity index (χ1v) is 12.5. The van der Waals surface area contributed by atoms with Crippen LogP contribution in [-0.4, -0.2) is 49.2 Å². The molecule has 3 aliphatic carbocycles. The summed E-state index contributed by atoms with van der Waals surface area (Å²) in [6, 6.07) is 0. The van der Waals surface area contributed by atoms with Gasteiger partial charge in [0.2, 0.25) is 0 Å². The number of hydrogen-bond donors (Lipinski definition) is 0. The SMILES string of the molecule is C1CCCC2(OCC3(COC45CCCCCCC4O5)CCC4OC4C3)OC2CC1. The topological polar surface area (TPSA) is 56.1 Å². The van der Waals surface area contributed by atoms with Crippen LogP contribution in [0.2, 0.25) is 0 Å². The Morgan fingerprint density at radius 3 is 1.79 bits per heavy atom. The van der Waals surface area contributed by atoms with Gasteiger partial charge >= 0.3 is 0 Å². The summed E-state index contributed by atoms with van der Waals surface area (Å²) in [5, 5.41) is 0. The van der Waals surface area contributed by atoms with E-state index in [0.29, 0.717) is 24.4 Å². The van der Waals surface area contributed by atoms with Gasteiger partial charge in [-0.15, -0.1) is 0 Å². The molecule has 0 radical (unpaired) electrons. The van der Waals surface area contributed by atoms with Crippen molar-refractivity contribution in [3.63, 3.8) is 0 Å². The van der Waals surface area contributed by atoms with Crippen LogP contribution in [0.5, 0.6) is 0 Å². The molecule has 6 aliphatic rings. The Labute approximate surface area is 175 Å². The summed E-state index contributed by atoms with van der Waals surface area (Å²) in [7, 11) is 0. The highest BCUT2D eigenvalue weighted by Gasteiger charge is 2.61. The van der Waals surface area contributed by atoms with E-state index in [9.17, 15) is 0 Å². The van der Waals surface area contributed by atoms with Gasteiger partial charge in [0.1, 0.15) is 12.2 Å². The Morgan fingerprint density at radius 1 is 0.621 bits per heavy atom. The van der Waals surface area contributed by atoms with E-state index < -0.39 is 0 Å². The summed E-state index contributed by atoms with van der Waals surface area (Å²) >= 11 is 0. The first-order valence-electron chi connectivity index (χ1n) is 12.5. The Hall–Kier alpha value is -0.200. The van der Waals surface area contributed by atoms with Crippen LogP contribution < -0.4 is 0 Å². The normalized spacial score (nSPS) is 51.3. The first kappa shape index (κ1) is 19.5. The van der Waals surface area contributed by atoms with E-state index in [1.54, 1.807) is 0 Å². The lowest BCUT2D eigenvalue weighted by molar-refractivity contribution is -0.142. The molecule has 0 aromatic heterocycles. The number of ether oxygens (including phenoxy) is 5. The molecule has 0 aromatic rings. The molecule has 164 valence electrons. The fourth-order valence-corrected chi connectivity index (χ4v) is 6.36. The molecular weight excluding hydrogens is 368 g/mol. The van der Waals surface area contributed by atoms with Crippen molar-refractivity contribution >= 4 is 0 Å². The van der Waals surface area contributed by atoms with E-state index in [-0.39, 0.29) is 17.0 Å². The maximum Gasteiger partial charge on any atom is 0.195 e. The molecule has 0 N–H and O–H groups in total. The summed E-state index contributed by atoms with van der Waals surface area (Å²) in [4.78, 5) is 0. The van der Waals surface area contributed by atoms with Crippen molar-refractivity contribution in [2.24, 2.45) is 5.41 Å². The van der Waals surface area contributed by atoms with Gasteiger partial charge in [0.25, 0.3) is 0 Å². The zero-order valence-electron chi connectivity index (χ0n) is 17.9. The standard InChI is InChI=1S/C24H38O5/c1-3-7-12-23(20(28-23)9-5-1)25-16-22(14-11-18-19(15-22)27-18)17-26-24-13-8-4-2-6-10-21(24)29-24/h18-21H,1-17H2. The molecule has 6 unspecified atom stereocenters. The van der Waals surface area contributed by atoms with Gasteiger partial charge in [0.05, 0.1) is 25.4 Å². The van der Waals surface area contributed by atoms with Gasteiger partial charge in [-0.05, 0) is 44.9 Å². The molecule has 0 spiro atoms. The number of rotatable bonds is 6. The molecular formula is C24H38O5. The van der Waals surface area contributed by atoms with Gasteiger partial charge in [-0.1, -0.05) is 38.5 Å². The smallest absolute Gasteiger partial charge is 0.195 e. The Kier molecular flexibility index (Phi) is 5.00. The fourth-order valence-electron chi connectivity index (χ4n) is 6.36. The molecule has 0 aromatic carbocycles. The molecule has 5 nitrogen and oxygen atoms in total. The minimum atomic E-state index is -0.286. The number of hydrogen-bond acceptors (Lipinski definition) is 5. The van der Waals surface area contributed by atoms with E-state index in [2.05, 4.69) is 0 Å². The lowest BCUT2D eigenvalue weighted by Crippen LogP contribution is -2.41. The second-order valence-corrected chi connectivity index (χ2v) is 10.8. The van der Waals surface area contributed by atoms with E-state index >= 15 is 0 Å². The van der Waals surface area contributed by atoms with Gasteiger partial charge in [-0.3, -0.25) is 0 Å². The molecule has 6 fully saturated rings. The maximum atomic E-state index is 6.62. The van der Waals surface area contributed by atoms with Crippen molar-refractivity contribution in [3.8, 4) is 0 Å². The second-order valence-electron chi connectivity index (χ2n) is 10.8. The third-order valence-electron chi connectivity index (χ3n) is 8.56. The largest absolute Gasteiger partial charge is 0.370 e. The van der Waals surface area contributed by atoms with Crippen molar-refractivity contribution in [3.05, 3.63) is 0 Å². The highest BCUT2D eigenvalue weighted by molar-refractivity contribution is 5.03. The zero-order chi connectivity index (χ0) is 19.4. The number of epoxide rings is 3. The second kappa shape index (κ2) is 7.44. The fraction of sp³-hybridized carbons (Fsp3) is 1.00. The average Bonchev–Trinajstić information content (AvgIpc) is 3.62. The monoisotopic (exact) mass is 406 g/mol. The van der Waals surface area contributed by atoms with Crippen molar-refractivity contribution in [1.82, 2.24) is 0 Å². The predicted molar refractivity (Wildman–Crippen MR) is 107 cm³/mol. The minimum Gasteiger partial charge on any atom is -0.370 e. The van der Waals surface area contributed by atoms with E-state index in [1.807, 2.05) is 0 Å². The molecule has 3 saturated carbocycles. The number of fused-ring (bicyclic) bond motifs is 3. The third-order valence-corrected chi connectivity index (χ3v) is 8.56. The van der Waals surface area contributed by atoms with Crippen LogP contribution in [0.3, 0.4) is 0 Å². The third kappa shape index (κ3) is 3.91. The summed E-state index contributed by atoms with van der Waals surface area (Å²) < 4.78 is 31.4. The lowest BCUT2D eigenvalue weighted by atomic mass is 9.75. The van der Waals surface area contributed by atoms with Gasteiger partial charge in [-0.2, -0.15) is 0 Å². The molecule has 0 bridgehead atoms. The molecule has 6 rings (SSSR count).